The van der Waals surface area contributed by atoms with Gasteiger partial charge < -0.3 is 9.80 Å². The molecule has 4 rings (SSSR count). The molecular weight excluding hydrogens is 336 g/mol. The summed E-state index contributed by atoms with van der Waals surface area (Å²) in [5.41, 5.74) is 0. The molecule has 2 aliphatic carbocycles. The Hall–Kier alpha value is -1.06. The zero-order chi connectivity index (χ0) is 19.0. The minimum atomic E-state index is 0.294. The molecule has 0 aromatic rings. The summed E-state index contributed by atoms with van der Waals surface area (Å²) in [7, 11) is 0. The Morgan fingerprint density at radius 2 is 1.48 bits per heavy atom. The van der Waals surface area contributed by atoms with Gasteiger partial charge in [-0.2, -0.15) is 0 Å². The quantitative estimate of drug-likeness (QED) is 0.748. The van der Waals surface area contributed by atoms with Crippen LogP contribution in [0.25, 0.3) is 0 Å². The lowest BCUT2D eigenvalue weighted by Crippen LogP contribution is -2.54. The van der Waals surface area contributed by atoms with E-state index in [1.807, 2.05) is 4.90 Å². The predicted octanol–water partition coefficient (Wildman–Crippen LogP) is 3.95. The van der Waals surface area contributed by atoms with Crippen LogP contribution in [0.4, 0.5) is 0 Å². The van der Waals surface area contributed by atoms with Gasteiger partial charge in [-0.3, -0.25) is 9.59 Å². The molecule has 4 heteroatoms. The van der Waals surface area contributed by atoms with Crippen molar-refractivity contribution in [2.45, 2.75) is 71.6 Å². The summed E-state index contributed by atoms with van der Waals surface area (Å²) >= 11 is 0. The lowest BCUT2D eigenvalue weighted by Gasteiger charge is -2.44. The van der Waals surface area contributed by atoms with Crippen LogP contribution in [-0.2, 0) is 9.59 Å². The third kappa shape index (κ3) is 4.51. The monoisotopic (exact) mass is 374 g/mol. The number of fused-ring (bicyclic) bond motifs is 1. The Morgan fingerprint density at radius 3 is 2.15 bits per heavy atom. The molecule has 0 radical (unpaired) electrons. The Kier molecular flexibility index (Phi) is 5.80. The van der Waals surface area contributed by atoms with Crippen LogP contribution in [-0.4, -0.2) is 47.8 Å². The van der Waals surface area contributed by atoms with Gasteiger partial charge in [-0.25, -0.2) is 0 Å². The lowest BCUT2D eigenvalue weighted by molar-refractivity contribution is -0.142. The molecule has 27 heavy (non-hydrogen) atoms. The third-order valence-corrected chi connectivity index (χ3v) is 7.72. The van der Waals surface area contributed by atoms with E-state index in [0.29, 0.717) is 41.9 Å². The number of carbonyl (C=O) groups is 2. The van der Waals surface area contributed by atoms with Crippen LogP contribution in [0.2, 0.25) is 0 Å². The molecule has 2 amide bonds. The minimum absolute atomic E-state index is 0.294. The van der Waals surface area contributed by atoms with Gasteiger partial charge in [-0.05, 0) is 74.5 Å². The number of likely N-dealkylation sites (tertiary alicyclic amines) is 2. The zero-order valence-corrected chi connectivity index (χ0v) is 17.4. The van der Waals surface area contributed by atoms with Crippen molar-refractivity contribution >= 4 is 11.8 Å². The van der Waals surface area contributed by atoms with Gasteiger partial charge >= 0.3 is 0 Å². The van der Waals surface area contributed by atoms with Crippen molar-refractivity contribution in [3.8, 4) is 0 Å². The molecule has 4 atom stereocenters. The molecule has 152 valence electrons. The van der Waals surface area contributed by atoms with E-state index in [1.54, 1.807) is 0 Å². The fourth-order valence-electron chi connectivity index (χ4n) is 5.75. The maximum absolute atomic E-state index is 13.2. The smallest absolute Gasteiger partial charge is 0.225 e. The molecule has 0 aromatic carbocycles. The molecule has 2 saturated carbocycles. The molecule has 2 saturated heterocycles. The van der Waals surface area contributed by atoms with Gasteiger partial charge in [-0.15, -0.1) is 0 Å². The Labute approximate surface area is 165 Å². The van der Waals surface area contributed by atoms with E-state index in [1.165, 1.54) is 32.1 Å². The van der Waals surface area contributed by atoms with E-state index in [0.717, 1.165) is 57.3 Å². The molecule has 4 fully saturated rings. The highest BCUT2D eigenvalue weighted by Gasteiger charge is 2.42. The average molecular weight is 375 g/mol. The molecule has 0 aromatic heterocycles. The van der Waals surface area contributed by atoms with Crippen molar-refractivity contribution in [1.29, 1.82) is 0 Å². The van der Waals surface area contributed by atoms with Gasteiger partial charge in [0, 0.05) is 38.5 Å². The summed E-state index contributed by atoms with van der Waals surface area (Å²) in [6.07, 6.45) is 10.6. The summed E-state index contributed by atoms with van der Waals surface area (Å²) in [4.78, 5) is 29.7. The maximum atomic E-state index is 13.2. The van der Waals surface area contributed by atoms with Gasteiger partial charge in [0.2, 0.25) is 11.8 Å². The van der Waals surface area contributed by atoms with Gasteiger partial charge in [-0.1, -0.05) is 20.3 Å². The largest absolute Gasteiger partial charge is 0.342 e. The molecule has 4 nitrogen and oxygen atoms in total. The van der Waals surface area contributed by atoms with Crippen LogP contribution in [0.5, 0.6) is 0 Å². The highest BCUT2D eigenvalue weighted by atomic mass is 16.2. The van der Waals surface area contributed by atoms with Crippen LogP contribution in [0, 0.1) is 35.5 Å². The van der Waals surface area contributed by atoms with Gasteiger partial charge in [0.15, 0.2) is 0 Å². The van der Waals surface area contributed by atoms with Crippen LogP contribution in [0.3, 0.4) is 0 Å². The van der Waals surface area contributed by atoms with Crippen molar-refractivity contribution < 1.29 is 9.59 Å². The van der Waals surface area contributed by atoms with Gasteiger partial charge in [0.25, 0.3) is 0 Å². The number of amides is 2. The normalized spacial score (nSPS) is 34.5. The van der Waals surface area contributed by atoms with Crippen molar-refractivity contribution in [3.63, 3.8) is 0 Å². The predicted molar refractivity (Wildman–Crippen MR) is 107 cm³/mol. The first kappa shape index (κ1) is 19.3. The summed E-state index contributed by atoms with van der Waals surface area (Å²) in [6.45, 7) is 7.97. The van der Waals surface area contributed by atoms with Crippen LogP contribution >= 0.6 is 0 Å². The number of hydrogen-bond donors (Lipinski definition) is 0. The van der Waals surface area contributed by atoms with Gasteiger partial charge in [0.1, 0.15) is 0 Å². The van der Waals surface area contributed by atoms with Crippen molar-refractivity contribution in [2.75, 3.05) is 26.2 Å². The van der Waals surface area contributed by atoms with Gasteiger partial charge in [0.05, 0.1) is 0 Å². The molecule has 2 unspecified atom stereocenters. The third-order valence-electron chi connectivity index (χ3n) is 7.72. The average Bonchev–Trinajstić information content (AvgIpc) is 3.35. The fraction of sp³-hybridized carbons (Fsp3) is 0.913. The second-order valence-electron chi connectivity index (χ2n) is 10.3. The molecule has 0 N–H and O–H groups in total. The van der Waals surface area contributed by atoms with Crippen molar-refractivity contribution in [3.05, 3.63) is 0 Å². The standard InChI is InChI=1S/C23H38N2O2/c1-16(2)11-22(26)25-14-21(15-25)20-5-3-4-10-24(13-20)23(27)17-6-8-18-12-19(18)9-7-17/h16-21H,3-15H2,1-2H3/t17?,18-,19+,20?. The molecule has 2 aliphatic heterocycles. The summed E-state index contributed by atoms with van der Waals surface area (Å²) in [5, 5.41) is 0. The Morgan fingerprint density at radius 1 is 0.815 bits per heavy atom. The van der Waals surface area contributed by atoms with E-state index in [2.05, 4.69) is 18.7 Å². The fourth-order valence-corrected chi connectivity index (χ4v) is 5.75. The SMILES string of the molecule is CC(C)CC(=O)N1CC(C2CCCCN(C(=O)C3CC[C@@H]4C[C@@H]4CC3)C2)C1. The van der Waals surface area contributed by atoms with E-state index >= 15 is 0 Å². The number of hydrogen-bond acceptors (Lipinski definition) is 2. The summed E-state index contributed by atoms with van der Waals surface area (Å²) < 4.78 is 0. The van der Waals surface area contributed by atoms with E-state index in [4.69, 9.17) is 0 Å². The van der Waals surface area contributed by atoms with Crippen molar-refractivity contribution in [1.82, 2.24) is 9.80 Å². The maximum Gasteiger partial charge on any atom is 0.225 e. The molecule has 0 spiro atoms. The first-order chi connectivity index (χ1) is 13.0. The van der Waals surface area contributed by atoms with Crippen LogP contribution < -0.4 is 0 Å². The first-order valence-electron chi connectivity index (χ1n) is 11.6. The van der Waals surface area contributed by atoms with Crippen LogP contribution in [0.15, 0.2) is 0 Å². The van der Waals surface area contributed by atoms with E-state index in [-0.39, 0.29) is 0 Å². The number of nitrogens with zero attached hydrogens (tertiary/aromatic N) is 2. The van der Waals surface area contributed by atoms with E-state index < -0.39 is 0 Å². The summed E-state index contributed by atoms with van der Waals surface area (Å²) in [5.74, 6) is 4.60. The topological polar surface area (TPSA) is 40.6 Å². The molecular formula is C23H38N2O2. The second kappa shape index (κ2) is 8.13. The molecule has 2 heterocycles. The number of rotatable bonds is 4. The first-order valence-corrected chi connectivity index (χ1v) is 11.6. The van der Waals surface area contributed by atoms with Crippen molar-refractivity contribution in [2.24, 2.45) is 35.5 Å². The zero-order valence-electron chi connectivity index (χ0n) is 17.4. The van der Waals surface area contributed by atoms with E-state index in [9.17, 15) is 9.59 Å². The summed E-state index contributed by atoms with van der Waals surface area (Å²) in [6, 6.07) is 0. The highest BCUT2D eigenvalue weighted by molar-refractivity contribution is 5.79. The molecule has 0 bridgehead atoms. The highest BCUT2D eigenvalue weighted by Crippen LogP contribution is 2.49. The molecule has 4 aliphatic rings. The lowest BCUT2D eigenvalue weighted by atomic mass is 9.82. The Balaban J connectivity index is 1.29. The Bertz CT molecular complexity index is 543. The van der Waals surface area contributed by atoms with Crippen LogP contribution in [0.1, 0.15) is 71.6 Å². The second-order valence-corrected chi connectivity index (χ2v) is 10.3. The number of carbonyl (C=O) groups excluding carboxylic acids is 2. The minimum Gasteiger partial charge on any atom is -0.342 e.